The Bertz CT molecular complexity index is 436. The molecule has 1 nitrogen and oxygen atoms in total. The molecule has 0 aliphatic heterocycles. The minimum absolute atomic E-state index is 0.829. The van der Waals surface area contributed by atoms with Crippen molar-refractivity contribution in [1.29, 1.82) is 0 Å². The number of hydrogen-bond donors (Lipinski definition) is 1. The molecule has 2 N–H and O–H groups in total. The van der Waals surface area contributed by atoms with E-state index in [2.05, 4.69) is 37.9 Å². The van der Waals surface area contributed by atoms with Gasteiger partial charge in [0.1, 0.15) is 0 Å². The minimum Gasteiger partial charge on any atom is -0.398 e. The Morgan fingerprint density at radius 2 is 2.00 bits per heavy atom. The second-order valence-electron chi connectivity index (χ2n) is 2.46. The average Bonchev–Trinajstić information content (AvgIpc) is 2.33. The maximum atomic E-state index is 5.83. The fourth-order valence-corrected chi connectivity index (χ4v) is 3.14. The molecule has 0 aliphatic carbocycles. The first kappa shape index (κ1) is 8.53. The highest BCUT2D eigenvalue weighted by Gasteiger charge is 2.05. The van der Waals surface area contributed by atoms with Crippen LogP contribution in [0.4, 0.5) is 5.69 Å². The van der Waals surface area contributed by atoms with E-state index < -0.39 is 0 Å². The maximum Gasteiger partial charge on any atom is 0.0584 e. The summed E-state index contributed by atoms with van der Waals surface area (Å²) in [6.07, 6.45) is 0. The van der Waals surface area contributed by atoms with E-state index in [1.807, 2.05) is 11.4 Å². The van der Waals surface area contributed by atoms with Gasteiger partial charge in [0.25, 0.3) is 0 Å². The molecule has 0 bridgehead atoms. The molecule has 0 saturated heterocycles. The second kappa shape index (κ2) is 3.01. The summed E-state index contributed by atoms with van der Waals surface area (Å²) in [6, 6.07) is 3.98. The molecule has 0 radical (unpaired) electrons. The molecule has 12 heavy (non-hydrogen) atoms. The van der Waals surface area contributed by atoms with Gasteiger partial charge in [-0.3, -0.25) is 0 Å². The van der Waals surface area contributed by atoms with E-state index in [9.17, 15) is 0 Å². The molecule has 62 valence electrons. The molecule has 1 heterocycles. The number of halogens is 2. The number of fused-ring (bicyclic) bond motifs is 1. The van der Waals surface area contributed by atoms with Crippen molar-refractivity contribution in [2.45, 2.75) is 0 Å². The van der Waals surface area contributed by atoms with Gasteiger partial charge in [-0.25, -0.2) is 0 Å². The molecule has 0 aliphatic rings. The molecule has 0 amide bonds. The lowest BCUT2D eigenvalue weighted by atomic mass is 10.2. The van der Waals surface area contributed by atoms with Crippen molar-refractivity contribution < 1.29 is 0 Å². The van der Waals surface area contributed by atoms with Gasteiger partial charge in [-0.2, -0.15) is 0 Å². The Hall–Kier alpha value is -0.0600. The molecule has 2 aromatic rings. The zero-order valence-corrected chi connectivity index (χ0v) is 9.96. The van der Waals surface area contributed by atoms with Crippen molar-refractivity contribution >= 4 is 59.0 Å². The number of nitrogen functional groups attached to an aromatic ring is 1. The van der Waals surface area contributed by atoms with E-state index in [-0.39, 0.29) is 0 Å². The van der Waals surface area contributed by atoms with Crippen LogP contribution in [0.3, 0.4) is 0 Å². The SMILES string of the molecule is Nc1cc(Br)cc2c(Br)csc12. The highest BCUT2D eigenvalue weighted by molar-refractivity contribution is 9.11. The fourth-order valence-electron chi connectivity index (χ4n) is 1.10. The Morgan fingerprint density at radius 1 is 1.25 bits per heavy atom. The predicted molar refractivity (Wildman–Crippen MR) is 61.6 cm³/mol. The Morgan fingerprint density at radius 3 is 2.75 bits per heavy atom. The molecule has 0 unspecified atom stereocenters. The monoisotopic (exact) mass is 305 g/mol. The van der Waals surface area contributed by atoms with Gasteiger partial charge in [-0.05, 0) is 28.1 Å². The molecular weight excluding hydrogens is 302 g/mol. The van der Waals surface area contributed by atoms with Crippen molar-refractivity contribution in [2.75, 3.05) is 5.73 Å². The molecule has 0 atom stereocenters. The molecule has 0 spiro atoms. The lowest BCUT2D eigenvalue weighted by molar-refractivity contribution is 1.73. The summed E-state index contributed by atoms with van der Waals surface area (Å²) in [5.74, 6) is 0. The van der Waals surface area contributed by atoms with Crippen LogP contribution in [-0.4, -0.2) is 0 Å². The van der Waals surface area contributed by atoms with Crippen molar-refractivity contribution in [3.05, 3.63) is 26.5 Å². The van der Waals surface area contributed by atoms with Crippen LogP contribution < -0.4 is 5.73 Å². The van der Waals surface area contributed by atoms with Crippen LogP contribution in [0.25, 0.3) is 10.1 Å². The van der Waals surface area contributed by atoms with E-state index in [4.69, 9.17) is 5.73 Å². The van der Waals surface area contributed by atoms with Crippen LogP contribution in [0, 0.1) is 0 Å². The normalized spacial score (nSPS) is 10.8. The quantitative estimate of drug-likeness (QED) is 0.731. The molecular formula is C8H5Br2NS. The lowest BCUT2D eigenvalue weighted by Gasteiger charge is -1.97. The van der Waals surface area contributed by atoms with E-state index in [0.29, 0.717) is 0 Å². The lowest BCUT2D eigenvalue weighted by Crippen LogP contribution is -1.83. The average molecular weight is 307 g/mol. The largest absolute Gasteiger partial charge is 0.398 e. The predicted octanol–water partition coefficient (Wildman–Crippen LogP) is 4.01. The summed E-state index contributed by atoms with van der Waals surface area (Å²) < 4.78 is 3.27. The van der Waals surface area contributed by atoms with Crippen LogP contribution >= 0.6 is 43.2 Å². The van der Waals surface area contributed by atoms with Gasteiger partial charge >= 0.3 is 0 Å². The first-order valence-corrected chi connectivity index (χ1v) is 5.77. The van der Waals surface area contributed by atoms with Crippen LogP contribution in [0.5, 0.6) is 0 Å². The highest BCUT2D eigenvalue weighted by Crippen LogP contribution is 2.36. The molecule has 1 aromatic carbocycles. The molecule has 0 fully saturated rings. The number of thiophene rings is 1. The van der Waals surface area contributed by atoms with E-state index in [1.54, 1.807) is 11.3 Å². The standard InChI is InChI=1S/C8H5Br2NS/c9-4-1-5-6(10)3-12-8(5)7(11)2-4/h1-3H,11H2. The van der Waals surface area contributed by atoms with Crippen molar-refractivity contribution in [2.24, 2.45) is 0 Å². The number of rotatable bonds is 0. The van der Waals surface area contributed by atoms with E-state index in [1.165, 1.54) is 5.39 Å². The Balaban J connectivity index is 2.92. The van der Waals surface area contributed by atoms with Crippen molar-refractivity contribution in [3.8, 4) is 0 Å². The van der Waals surface area contributed by atoms with Gasteiger partial charge in [-0.15, -0.1) is 11.3 Å². The first-order valence-electron chi connectivity index (χ1n) is 3.30. The third kappa shape index (κ3) is 1.28. The third-order valence-electron chi connectivity index (χ3n) is 1.62. The van der Waals surface area contributed by atoms with Gasteiger partial charge in [0, 0.05) is 19.7 Å². The first-order chi connectivity index (χ1) is 5.68. The van der Waals surface area contributed by atoms with Crippen LogP contribution in [0.15, 0.2) is 26.5 Å². The zero-order valence-electron chi connectivity index (χ0n) is 5.97. The van der Waals surface area contributed by atoms with Crippen molar-refractivity contribution in [3.63, 3.8) is 0 Å². The summed E-state index contributed by atoms with van der Waals surface area (Å²) in [6.45, 7) is 0. The van der Waals surface area contributed by atoms with Gasteiger partial charge in [0.2, 0.25) is 0 Å². The number of hydrogen-bond acceptors (Lipinski definition) is 2. The highest BCUT2D eigenvalue weighted by atomic mass is 79.9. The summed E-state index contributed by atoms with van der Waals surface area (Å²) >= 11 is 8.53. The topological polar surface area (TPSA) is 26.0 Å². The fraction of sp³-hybridized carbons (Fsp3) is 0. The number of benzene rings is 1. The van der Waals surface area contributed by atoms with Crippen molar-refractivity contribution in [1.82, 2.24) is 0 Å². The smallest absolute Gasteiger partial charge is 0.0584 e. The number of nitrogens with two attached hydrogens (primary N) is 1. The second-order valence-corrected chi connectivity index (χ2v) is 5.11. The summed E-state index contributed by atoms with van der Waals surface area (Å²) in [4.78, 5) is 0. The molecule has 0 saturated carbocycles. The number of anilines is 1. The zero-order chi connectivity index (χ0) is 8.72. The summed E-state index contributed by atoms with van der Waals surface area (Å²) in [7, 11) is 0. The maximum absolute atomic E-state index is 5.83. The van der Waals surface area contributed by atoms with Gasteiger partial charge in [-0.1, -0.05) is 15.9 Å². The van der Waals surface area contributed by atoms with E-state index >= 15 is 0 Å². The molecule has 1 aromatic heterocycles. The van der Waals surface area contributed by atoms with Crippen LogP contribution in [0.1, 0.15) is 0 Å². The van der Waals surface area contributed by atoms with Gasteiger partial charge < -0.3 is 5.73 Å². The van der Waals surface area contributed by atoms with Gasteiger partial charge in [0.05, 0.1) is 10.4 Å². The minimum atomic E-state index is 0.829. The van der Waals surface area contributed by atoms with E-state index in [0.717, 1.165) is 19.3 Å². The molecule has 4 heteroatoms. The van der Waals surface area contributed by atoms with Crippen LogP contribution in [-0.2, 0) is 0 Å². The Kier molecular flexibility index (Phi) is 2.14. The molecule has 2 rings (SSSR count). The third-order valence-corrected chi connectivity index (χ3v) is 4.08. The Labute approximate surface area is 90.8 Å². The van der Waals surface area contributed by atoms with Gasteiger partial charge in [0.15, 0.2) is 0 Å². The summed E-state index contributed by atoms with van der Waals surface area (Å²) in [5.41, 5.74) is 6.66. The summed E-state index contributed by atoms with van der Waals surface area (Å²) in [5, 5.41) is 3.22. The van der Waals surface area contributed by atoms with Crippen LogP contribution in [0.2, 0.25) is 0 Å².